The zero-order valence-corrected chi connectivity index (χ0v) is 11.7. The highest BCUT2D eigenvalue weighted by Gasteiger charge is 2.24. The number of methoxy groups -OCH3 is 1. The maximum Gasteiger partial charge on any atom is 0.118 e. The van der Waals surface area contributed by atoms with Crippen molar-refractivity contribution < 1.29 is 4.74 Å². The van der Waals surface area contributed by atoms with Crippen molar-refractivity contribution in [2.24, 2.45) is 5.84 Å². The van der Waals surface area contributed by atoms with E-state index in [-0.39, 0.29) is 0 Å². The van der Waals surface area contributed by atoms with Gasteiger partial charge in [-0.25, -0.2) is 0 Å². The van der Waals surface area contributed by atoms with E-state index in [0.29, 0.717) is 11.3 Å². The minimum Gasteiger partial charge on any atom is -0.497 e. The highest BCUT2D eigenvalue weighted by molar-refractivity contribution is 8.00. The van der Waals surface area contributed by atoms with Crippen LogP contribution in [0.2, 0.25) is 0 Å². The smallest absolute Gasteiger partial charge is 0.118 e. The summed E-state index contributed by atoms with van der Waals surface area (Å²) in [5, 5.41) is 0.688. The quantitative estimate of drug-likeness (QED) is 0.613. The van der Waals surface area contributed by atoms with Crippen LogP contribution >= 0.6 is 11.8 Å². The van der Waals surface area contributed by atoms with Crippen molar-refractivity contribution in [2.45, 2.75) is 37.0 Å². The summed E-state index contributed by atoms with van der Waals surface area (Å²) in [5.74, 6) is 7.88. The third-order valence-corrected chi connectivity index (χ3v) is 5.05. The van der Waals surface area contributed by atoms with Crippen LogP contribution < -0.4 is 16.0 Å². The highest BCUT2D eigenvalue weighted by Crippen LogP contribution is 2.30. The number of ether oxygens (including phenoxy) is 1. The first-order valence-corrected chi connectivity index (χ1v) is 7.59. The van der Waals surface area contributed by atoms with Crippen LogP contribution in [0.15, 0.2) is 24.3 Å². The third-order valence-electron chi connectivity index (χ3n) is 3.53. The Labute approximate surface area is 113 Å². The summed E-state index contributed by atoms with van der Waals surface area (Å²) in [4.78, 5) is 0. The Morgan fingerprint density at radius 3 is 2.78 bits per heavy atom. The van der Waals surface area contributed by atoms with E-state index in [4.69, 9.17) is 10.6 Å². The summed E-state index contributed by atoms with van der Waals surface area (Å²) in [6, 6.07) is 8.73. The standard InChI is InChI=1S/C14H22N2OS/c1-17-12-7-4-11(5-8-12)6-9-13(16-15)14-3-2-10-18-14/h4-5,7-8,13-14,16H,2-3,6,9-10,15H2,1H3. The summed E-state index contributed by atoms with van der Waals surface area (Å²) in [7, 11) is 1.70. The molecule has 2 atom stereocenters. The van der Waals surface area contributed by atoms with Gasteiger partial charge in [-0.15, -0.1) is 0 Å². The Kier molecular flexibility index (Phi) is 5.35. The number of nitrogens with one attached hydrogen (secondary N) is 1. The zero-order valence-electron chi connectivity index (χ0n) is 10.9. The molecule has 2 rings (SSSR count). The summed E-state index contributed by atoms with van der Waals surface area (Å²) in [5.41, 5.74) is 4.34. The van der Waals surface area contributed by atoms with Crippen LogP contribution in [-0.4, -0.2) is 24.2 Å². The van der Waals surface area contributed by atoms with E-state index in [1.807, 2.05) is 12.1 Å². The van der Waals surface area contributed by atoms with E-state index in [1.165, 1.54) is 24.2 Å². The monoisotopic (exact) mass is 266 g/mol. The van der Waals surface area contributed by atoms with Crippen LogP contribution in [0, 0.1) is 0 Å². The molecule has 1 aromatic carbocycles. The number of aryl methyl sites for hydroxylation is 1. The first-order valence-electron chi connectivity index (χ1n) is 6.54. The number of hydrazine groups is 1. The molecule has 1 aliphatic heterocycles. The van der Waals surface area contributed by atoms with E-state index in [1.54, 1.807) is 7.11 Å². The lowest BCUT2D eigenvalue weighted by atomic mass is 10.0. The van der Waals surface area contributed by atoms with Crippen LogP contribution in [0.3, 0.4) is 0 Å². The summed E-state index contributed by atoms with van der Waals surface area (Å²) in [6.45, 7) is 0. The molecule has 18 heavy (non-hydrogen) atoms. The molecule has 1 heterocycles. The number of hydrogen-bond acceptors (Lipinski definition) is 4. The van der Waals surface area contributed by atoms with Crippen molar-refractivity contribution in [2.75, 3.05) is 12.9 Å². The van der Waals surface area contributed by atoms with Crippen LogP contribution in [0.4, 0.5) is 0 Å². The molecule has 4 heteroatoms. The van der Waals surface area contributed by atoms with Crippen molar-refractivity contribution in [3.63, 3.8) is 0 Å². The van der Waals surface area contributed by atoms with Gasteiger partial charge in [0.1, 0.15) is 5.75 Å². The van der Waals surface area contributed by atoms with Crippen molar-refractivity contribution >= 4 is 11.8 Å². The number of rotatable bonds is 6. The van der Waals surface area contributed by atoms with Gasteiger partial charge in [-0.1, -0.05) is 12.1 Å². The van der Waals surface area contributed by atoms with Gasteiger partial charge in [0.2, 0.25) is 0 Å². The van der Waals surface area contributed by atoms with Gasteiger partial charge in [0, 0.05) is 11.3 Å². The molecule has 100 valence electrons. The zero-order chi connectivity index (χ0) is 12.8. The second kappa shape index (κ2) is 7.02. The fourth-order valence-electron chi connectivity index (χ4n) is 2.41. The van der Waals surface area contributed by atoms with Gasteiger partial charge in [-0.05, 0) is 49.1 Å². The van der Waals surface area contributed by atoms with E-state index in [9.17, 15) is 0 Å². The number of thioether (sulfide) groups is 1. The molecule has 0 aliphatic carbocycles. The maximum absolute atomic E-state index is 5.68. The van der Waals surface area contributed by atoms with Crippen LogP contribution in [0.5, 0.6) is 5.75 Å². The molecule has 0 spiro atoms. The average molecular weight is 266 g/mol. The van der Waals surface area contributed by atoms with E-state index < -0.39 is 0 Å². The molecule has 1 aliphatic rings. The Morgan fingerprint density at radius 2 is 2.22 bits per heavy atom. The van der Waals surface area contributed by atoms with Crippen molar-refractivity contribution in [1.82, 2.24) is 5.43 Å². The lowest BCUT2D eigenvalue weighted by Gasteiger charge is -2.21. The van der Waals surface area contributed by atoms with Crippen LogP contribution in [0.1, 0.15) is 24.8 Å². The first-order chi connectivity index (χ1) is 8.83. The molecule has 2 unspecified atom stereocenters. The molecule has 0 saturated carbocycles. The number of benzene rings is 1. The van der Waals surface area contributed by atoms with E-state index >= 15 is 0 Å². The highest BCUT2D eigenvalue weighted by atomic mass is 32.2. The average Bonchev–Trinajstić information content (AvgIpc) is 2.94. The maximum atomic E-state index is 5.68. The van der Waals surface area contributed by atoms with Gasteiger partial charge >= 0.3 is 0 Å². The second-order valence-corrected chi connectivity index (χ2v) is 6.06. The minimum absolute atomic E-state index is 0.430. The third kappa shape index (κ3) is 3.64. The fraction of sp³-hybridized carbons (Fsp3) is 0.571. The molecular formula is C14H22N2OS. The van der Waals surface area contributed by atoms with Gasteiger partial charge in [-0.2, -0.15) is 11.8 Å². The number of hydrogen-bond donors (Lipinski definition) is 2. The Morgan fingerprint density at radius 1 is 1.44 bits per heavy atom. The predicted molar refractivity (Wildman–Crippen MR) is 77.9 cm³/mol. The molecule has 1 fully saturated rings. The van der Waals surface area contributed by atoms with Crippen LogP contribution in [-0.2, 0) is 6.42 Å². The SMILES string of the molecule is COc1ccc(CCC(NN)C2CCCS2)cc1. The molecule has 0 bridgehead atoms. The summed E-state index contributed by atoms with van der Waals surface area (Å²) < 4.78 is 5.16. The second-order valence-electron chi connectivity index (χ2n) is 4.71. The topological polar surface area (TPSA) is 47.3 Å². The molecule has 0 radical (unpaired) electrons. The Hall–Kier alpha value is -0.710. The van der Waals surface area contributed by atoms with E-state index in [2.05, 4.69) is 29.3 Å². The molecule has 3 nitrogen and oxygen atoms in total. The Bertz CT molecular complexity index is 349. The fourth-order valence-corrected chi connectivity index (χ4v) is 3.83. The van der Waals surface area contributed by atoms with E-state index in [0.717, 1.165) is 18.6 Å². The predicted octanol–water partition coefficient (Wildman–Crippen LogP) is 2.36. The normalized spacial score (nSPS) is 20.9. The van der Waals surface area contributed by atoms with Gasteiger partial charge in [0.15, 0.2) is 0 Å². The molecule has 3 N–H and O–H groups in total. The van der Waals surface area contributed by atoms with Gasteiger partial charge in [0.05, 0.1) is 7.11 Å². The van der Waals surface area contributed by atoms with Crippen LogP contribution in [0.25, 0.3) is 0 Å². The summed E-state index contributed by atoms with van der Waals surface area (Å²) >= 11 is 2.05. The largest absolute Gasteiger partial charge is 0.497 e. The van der Waals surface area contributed by atoms with Gasteiger partial charge < -0.3 is 4.74 Å². The summed E-state index contributed by atoms with van der Waals surface area (Å²) in [6.07, 6.45) is 4.79. The first kappa shape index (κ1) is 13.7. The number of nitrogens with two attached hydrogens (primary N) is 1. The van der Waals surface area contributed by atoms with Gasteiger partial charge in [0.25, 0.3) is 0 Å². The lowest BCUT2D eigenvalue weighted by molar-refractivity contribution is 0.414. The molecule has 0 amide bonds. The molecule has 1 saturated heterocycles. The molecular weight excluding hydrogens is 244 g/mol. The van der Waals surface area contributed by atoms with Crippen molar-refractivity contribution in [1.29, 1.82) is 0 Å². The lowest BCUT2D eigenvalue weighted by Crippen LogP contribution is -2.42. The molecule has 0 aromatic heterocycles. The molecule has 1 aromatic rings. The Balaban J connectivity index is 1.84. The van der Waals surface area contributed by atoms with Gasteiger partial charge in [-0.3, -0.25) is 11.3 Å². The van der Waals surface area contributed by atoms with Crippen molar-refractivity contribution in [3.05, 3.63) is 29.8 Å². The minimum atomic E-state index is 0.430. The van der Waals surface area contributed by atoms with Crippen molar-refractivity contribution in [3.8, 4) is 5.75 Å².